The first-order valence-electron chi connectivity index (χ1n) is 9.69. The normalized spacial score (nSPS) is 15.7. The third kappa shape index (κ3) is 5.89. The van der Waals surface area contributed by atoms with Gasteiger partial charge in [0.25, 0.3) is 0 Å². The summed E-state index contributed by atoms with van der Waals surface area (Å²) in [5.74, 6) is -0.887. The van der Waals surface area contributed by atoms with Gasteiger partial charge in [0.05, 0.1) is 5.56 Å². The molecular weight excluding hydrogens is 338 g/mol. The standard InChI is InChI=1S/C22H29N3O2/c1-2-24-11-13-25(14-12-24)17-20-5-3-18(4-6-20)15-23-16-19-7-9-21(10-8-19)22(26)27/h3-10,23H,2,11-17H2,1H3,(H,26,27). The number of nitrogens with zero attached hydrogens (tertiary/aromatic N) is 2. The monoisotopic (exact) mass is 367 g/mol. The van der Waals surface area contributed by atoms with Crippen LogP contribution in [0.25, 0.3) is 0 Å². The van der Waals surface area contributed by atoms with Gasteiger partial charge < -0.3 is 15.3 Å². The molecule has 1 saturated heterocycles. The molecule has 0 unspecified atom stereocenters. The molecule has 0 radical (unpaired) electrons. The van der Waals surface area contributed by atoms with Crippen LogP contribution in [0, 0.1) is 0 Å². The molecular formula is C22H29N3O2. The van der Waals surface area contributed by atoms with Crippen molar-refractivity contribution >= 4 is 5.97 Å². The second-order valence-electron chi connectivity index (χ2n) is 7.13. The molecule has 0 aromatic heterocycles. The van der Waals surface area contributed by atoms with Gasteiger partial charge in [-0.1, -0.05) is 43.3 Å². The van der Waals surface area contributed by atoms with Crippen molar-refractivity contribution in [2.45, 2.75) is 26.6 Å². The van der Waals surface area contributed by atoms with Crippen LogP contribution in [0.4, 0.5) is 0 Å². The third-order valence-electron chi connectivity index (χ3n) is 5.20. The lowest BCUT2D eigenvalue weighted by atomic mass is 10.1. The molecule has 144 valence electrons. The number of aromatic carboxylic acids is 1. The summed E-state index contributed by atoms with van der Waals surface area (Å²) in [5.41, 5.74) is 4.04. The first-order valence-corrected chi connectivity index (χ1v) is 9.69. The van der Waals surface area contributed by atoms with E-state index >= 15 is 0 Å². The number of carbonyl (C=O) groups is 1. The molecule has 3 rings (SSSR count). The second-order valence-corrected chi connectivity index (χ2v) is 7.13. The molecule has 27 heavy (non-hydrogen) atoms. The quantitative estimate of drug-likeness (QED) is 0.751. The van der Waals surface area contributed by atoms with E-state index in [0.29, 0.717) is 5.56 Å². The predicted octanol–water partition coefficient (Wildman–Crippen LogP) is 2.81. The van der Waals surface area contributed by atoms with Crippen molar-refractivity contribution in [1.29, 1.82) is 0 Å². The number of piperazine rings is 1. The summed E-state index contributed by atoms with van der Waals surface area (Å²) in [6, 6.07) is 15.9. The minimum absolute atomic E-state index is 0.324. The number of hydrogen-bond donors (Lipinski definition) is 2. The van der Waals surface area contributed by atoms with Crippen LogP contribution in [0.5, 0.6) is 0 Å². The Morgan fingerprint density at radius 3 is 1.85 bits per heavy atom. The average Bonchev–Trinajstić information content (AvgIpc) is 2.70. The molecule has 2 aromatic carbocycles. The fourth-order valence-electron chi connectivity index (χ4n) is 3.40. The largest absolute Gasteiger partial charge is 0.478 e. The van der Waals surface area contributed by atoms with Crippen molar-refractivity contribution in [1.82, 2.24) is 15.1 Å². The van der Waals surface area contributed by atoms with Crippen molar-refractivity contribution in [3.8, 4) is 0 Å². The molecule has 1 heterocycles. The molecule has 1 aliphatic heterocycles. The maximum absolute atomic E-state index is 10.9. The van der Waals surface area contributed by atoms with Crippen molar-refractivity contribution in [3.63, 3.8) is 0 Å². The van der Waals surface area contributed by atoms with Crippen LogP contribution >= 0.6 is 0 Å². The number of hydrogen-bond acceptors (Lipinski definition) is 4. The summed E-state index contributed by atoms with van der Waals surface area (Å²) in [4.78, 5) is 15.9. The fraction of sp³-hybridized carbons (Fsp3) is 0.409. The lowest BCUT2D eigenvalue weighted by Gasteiger charge is -2.34. The molecule has 2 aromatic rings. The maximum Gasteiger partial charge on any atom is 0.335 e. The molecule has 2 N–H and O–H groups in total. The van der Waals surface area contributed by atoms with Gasteiger partial charge in [-0.3, -0.25) is 4.90 Å². The topological polar surface area (TPSA) is 55.8 Å². The van der Waals surface area contributed by atoms with E-state index in [0.717, 1.165) is 44.8 Å². The number of benzene rings is 2. The molecule has 0 spiro atoms. The fourth-order valence-corrected chi connectivity index (χ4v) is 3.40. The van der Waals surface area contributed by atoms with Crippen LogP contribution in [0.15, 0.2) is 48.5 Å². The van der Waals surface area contributed by atoms with Gasteiger partial charge in [0.1, 0.15) is 0 Å². The SMILES string of the molecule is CCN1CCN(Cc2ccc(CNCc3ccc(C(=O)O)cc3)cc2)CC1. The summed E-state index contributed by atoms with van der Waals surface area (Å²) >= 11 is 0. The van der Waals surface area contributed by atoms with E-state index < -0.39 is 5.97 Å². The Morgan fingerprint density at radius 2 is 1.33 bits per heavy atom. The van der Waals surface area contributed by atoms with E-state index in [2.05, 4.69) is 46.3 Å². The summed E-state index contributed by atoms with van der Waals surface area (Å²) < 4.78 is 0. The summed E-state index contributed by atoms with van der Waals surface area (Å²) in [7, 11) is 0. The van der Waals surface area contributed by atoms with Crippen LogP contribution in [0.3, 0.4) is 0 Å². The Balaban J connectivity index is 1.42. The smallest absolute Gasteiger partial charge is 0.335 e. The van der Waals surface area contributed by atoms with Crippen LogP contribution in [0.1, 0.15) is 34.0 Å². The maximum atomic E-state index is 10.9. The van der Waals surface area contributed by atoms with E-state index in [1.807, 2.05) is 12.1 Å². The van der Waals surface area contributed by atoms with E-state index in [4.69, 9.17) is 5.11 Å². The molecule has 0 amide bonds. The molecule has 0 saturated carbocycles. The highest BCUT2D eigenvalue weighted by Gasteiger charge is 2.15. The van der Waals surface area contributed by atoms with Gasteiger partial charge in [-0.15, -0.1) is 0 Å². The zero-order valence-electron chi connectivity index (χ0n) is 16.0. The Labute approximate surface area is 161 Å². The molecule has 0 atom stereocenters. The number of carboxylic acid groups (broad SMARTS) is 1. The number of carboxylic acids is 1. The third-order valence-corrected chi connectivity index (χ3v) is 5.20. The molecule has 5 heteroatoms. The highest BCUT2D eigenvalue weighted by Crippen LogP contribution is 2.11. The van der Waals surface area contributed by atoms with E-state index in [9.17, 15) is 4.79 Å². The van der Waals surface area contributed by atoms with Crippen LogP contribution in [0.2, 0.25) is 0 Å². The van der Waals surface area contributed by atoms with Gasteiger partial charge in [-0.2, -0.15) is 0 Å². The summed E-state index contributed by atoms with van der Waals surface area (Å²) in [6.07, 6.45) is 0. The lowest BCUT2D eigenvalue weighted by molar-refractivity contribution is 0.0697. The van der Waals surface area contributed by atoms with Crippen LogP contribution < -0.4 is 5.32 Å². The van der Waals surface area contributed by atoms with Crippen LogP contribution in [-0.2, 0) is 19.6 Å². The molecule has 0 aliphatic carbocycles. The zero-order chi connectivity index (χ0) is 19.1. The van der Waals surface area contributed by atoms with E-state index in [1.165, 1.54) is 24.2 Å². The molecule has 1 aliphatic rings. The van der Waals surface area contributed by atoms with E-state index in [-0.39, 0.29) is 0 Å². The van der Waals surface area contributed by atoms with E-state index in [1.54, 1.807) is 12.1 Å². The number of likely N-dealkylation sites (N-methyl/N-ethyl adjacent to an activating group) is 1. The highest BCUT2D eigenvalue weighted by molar-refractivity contribution is 5.87. The predicted molar refractivity (Wildman–Crippen MR) is 108 cm³/mol. The Bertz CT molecular complexity index is 720. The van der Waals surface area contributed by atoms with Gasteiger partial charge in [0, 0.05) is 45.8 Å². The van der Waals surface area contributed by atoms with Crippen molar-refractivity contribution in [2.75, 3.05) is 32.7 Å². The summed E-state index contributed by atoms with van der Waals surface area (Å²) in [5, 5.41) is 12.3. The Morgan fingerprint density at radius 1 is 0.852 bits per heavy atom. The average molecular weight is 367 g/mol. The molecule has 5 nitrogen and oxygen atoms in total. The first-order chi connectivity index (χ1) is 13.1. The zero-order valence-corrected chi connectivity index (χ0v) is 16.0. The highest BCUT2D eigenvalue weighted by atomic mass is 16.4. The Hall–Kier alpha value is -2.21. The van der Waals surface area contributed by atoms with Gasteiger partial charge in [-0.05, 0) is 35.4 Å². The van der Waals surface area contributed by atoms with Crippen molar-refractivity contribution in [2.24, 2.45) is 0 Å². The second kappa shape index (κ2) is 9.65. The van der Waals surface area contributed by atoms with Crippen molar-refractivity contribution in [3.05, 3.63) is 70.8 Å². The van der Waals surface area contributed by atoms with Gasteiger partial charge in [-0.25, -0.2) is 4.79 Å². The minimum atomic E-state index is -0.887. The molecule has 1 fully saturated rings. The summed E-state index contributed by atoms with van der Waals surface area (Å²) in [6.45, 7) is 10.6. The number of nitrogens with one attached hydrogen (secondary N) is 1. The van der Waals surface area contributed by atoms with Gasteiger partial charge >= 0.3 is 5.97 Å². The van der Waals surface area contributed by atoms with Crippen LogP contribution in [-0.4, -0.2) is 53.6 Å². The van der Waals surface area contributed by atoms with Crippen molar-refractivity contribution < 1.29 is 9.90 Å². The lowest BCUT2D eigenvalue weighted by Crippen LogP contribution is -2.45. The van der Waals surface area contributed by atoms with Gasteiger partial charge in [0.15, 0.2) is 0 Å². The number of rotatable bonds is 8. The van der Waals surface area contributed by atoms with Gasteiger partial charge in [0.2, 0.25) is 0 Å². The first kappa shape index (κ1) is 19.5. The minimum Gasteiger partial charge on any atom is -0.478 e. The molecule has 0 bridgehead atoms. The Kier molecular flexibility index (Phi) is 6.98.